The topological polar surface area (TPSA) is 48.3 Å². The lowest BCUT2D eigenvalue weighted by atomic mass is 10.1. The third kappa shape index (κ3) is 2.79. The van der Waals surface area contributed by atoms with E-state index in [0.29, 0.717) is 12.1 Å². The van der Waals surface area contributed by atoms with Gasteiger partial charge in [-0.05, 0) is 37.6 Å². The van der Waals surface area contributed by atoms with E-state index in [0.717, 1.165) is 16.8 Å². The maximum absolute atomic E-state index is 11.5. The van der Waals surface area contributed by atoms with Crippen LogP contribution in [0.25, 0.3) is 0 Å². The molecule has 0 bridgehead atoms. The highest BCUT2D eigenvalue weighted by Gasteiger charge is 2.10. The zero-order chi connectivity index (χ0) is 14.7. The van der Waals surface area contributed by atoms with Gasteiger partial charge in [-0.1, -0.05) is 12.1 Å². The minimum absolute atomic E-state index is 0.0598. The zero-order valence-electron chi connectivity index (χ0n) is 11.8. The van der Waals surface area contributed by atoms with Crippen LogP contribution < -0.4 is 0 Å². The van der Waals surface area contributed by atoms with Crippen molar-refractivity contribution < 1.29 is 14.3 Å². The molecule has 4 heteroatoms. The molecule has 2 aromatic rings. The fourth-order valence-corrected chi connectivity index (χ4v) is 2.21. The summed E-state index contributed by atoms with van der Waals surface area (Å²) in [6.07, 6.45) is 1.89. The molecule has 1 aromatic heterocycles. The van der Waals surface area contributed by atoms with Crippen molar-refractivity contribution in [1.82, 2.24) is 4.57 Å². The normalized spacial score (nSPS) is 10.3. The average molecular weight is 271 g/mol. The molecule has 0 saturated heterocycles. The SMILES string of the molecule is COC(=O)c1cccc(Cn2ccc(C(C)=O)c2C)c1. The van der Waals surface area contributed by atoms with Crippen molar-refractivity contribution in [2.75, 3.05) is 7.11 Å². The summed E-state index contributed by atoms with van der Waals surface area (Å²) in [7, 11) is 1.37. The fourth-order valence-electron chi connectivity index (χ4n) is 2.21. The summed E-state index contributed by atoms with van der Waals surface area (Å²) in [4.78, 5) is 22.9. The Kier molecular flexibility index (Phi) is 4.03. The monoisotopic (exact) mass is 271 g/mol. The van der Waals surface area contributed by atoms with Crippen molar-refractivity contribution in [2.45, 2.75) is 20.4 Å². The van der Waals surface area contributed by atoms with Crippen LogP contribution in [0.1, 0.15) is 38.9 Å². The molecule has 0 atom stereocenters. The standard InChI is InChI=1S/C16H17NO3/c1-11-15(12(2)18)7-8-17(11)10-13-5-4-6-14(9-13)16(19)20-3/h4-9H,10H2,1-3H3. The van der Waals surface area contributed by atoms with Crippen molar-refractivity contribution in [3.63, 3.8) is 0 Å². The molecule has 0 amide bonds. The van der Waals surface area contributed by atoms with Crippen LogP contribution in [0.15, 0.2) is 36.5 Å². The Balaban J connectivity index is 2.26. The molecule has 0 aliphatic rings. The van der Waals surface area contributed by atoms with Crippen LogP contribution in [0.4, 0.5) is 0 Å². The number of ketones is 1. The van der Waals surface area contributed by atoms with E-state index in [9.17, 15) is 9.59 Å². The molecule has 0 saturated carbocycles. The van der Waals surface area contributed by atoms with Crippen molar-refractivity contribution in [3.05, 3.63) is 58.9 Å². The van der Waals surface area contributed by atoms with Crippen LogP contribution in [-0.2, 0) is 11.3 Å². The van der Waals surface area contributed by atoms with E-state index in [2.05, 4.69) is 0 Å². The Morgan fingerprint density at radius 1 is 1.25 bits per heavy atom. The first-order valence-corrected chi connectivity index (χ1v) is 6.37. The molecule has 0 fully saturated rings. The second-order valence-corrected chi connectivity index (χ2v) is 4.69. The second kappa shape index (κ2) is 5.74. The predicted octanol–water partition coefficient (Wildman–Crippen LogP) is 2.83. The fraction of sp³-hybridized carbons (Fsp3) is 0.250. The van der Waals surface area contributed by atoms with Gasteiger partial charge in [0.15, 0.2) is 5.78 Å². The van der Waals surface area contributed by atoms with Gasteiger partial charge in [0.1, 0.15) is 0 Å². The third-order valence-corrected chi connectivity index (χ3v) is 3.32. The van der Waals surface area contributed by atoms with E-state index in [-0.39, 0.29) is 11.8 Å². The molecular formula is C16H17NO3. The van der Waals surface area contributed by atoms with Crippen molar-refractivity contribution in [2.24, 2.45) is 0 Å². The summed E-state index contributed by atoms with van der Waals surface area (Å²) >= 11 is 0. The van der Waals surface area contributed by atoms with Gasteiger partial charge < -0.3 is 9.30 Å². The third-order valence-electron chi connectivity index (χ3n) is 3.32. The Bertz CT molecular complexity index is 655. The number of hydrogen-bond acceptors (Lipinski definition) is 3. The van der Waals surface area contributed by atoms with E-state index in [4.69, 9.17) is 4.74 Å². The van der Waals surface area contributed by atoms with Gasteiger partial charge in [-0.25, -0.2) is 4.79 Å². The minimum Gasteiger partial charge on any atom is -0.465 e. The Labute approximate surface area is 118 Å². The van der Waals surface area contributed by atoms with Crippen molar-refractivity contribution >= 4 is 11.8 Å². The smallest absolute Gasteiger partial charge is 0.337 e. The number of nitrogens with zero attached hydrogens (tertiary/aromatic N) is 1. The summed E-state index contributed by atoms with van der Waals surface area (Å²) in [6, 6.07) is 9.12. The van der Waals surface area contributed by atoms with Crippen LogP contribution in [0.5, 0.6) is 0 Å². The summed E-state index contributed by atoms with van der Waals surface area (Å²) in [5.74, 6) is -0.287. The molecule has 0 unspecified atom stereocenters. The molecule has 0 spiro atoms. The summed E-state index contributed by atoms with van der Waals surface area (Å²) in [5.41, 5.74) is 3.18. The average Bonchev–Trinajstić information content (AvgIpc) is 2.80. The lowest BCUT2D eigenvalue weighted by molar-refractivity contribution is 0.0600. The summed E-state index contributed by atoms with van der Waals surface area (Å²) in [6.45, 7) is 4.09. The molecule has 0 radical (unpaired) electrons. The molecule has 20 heavy (non-hydrogen) atoms. The Hall–Kier alpha value is -2.36. The van der Waals surface area contributed by atoms with E-state index in [1.54, 1.807) is 19.1 Å². The van der Waals surface area contributed by atoms with Gasteiger partial charge >= 0.3 is 5.97 Å². The van der Waals surface area contributed by atoms with Crippen LogP contribution in [0.3, 0.4) is 0 Å². The minimum atomic E-state index is -0.347. The number of ether oxygens (including phenoxy) is 1. The van der Waals surface area contributed by atoms with Crippen molar-refractivity contribution in [1.29, 1.82) is 0 Å². The maximum Gasteiger partial charge on any atom is 0.337 e. The second-order valence-electron chi connectivity index (χ2n) is 4.69. The summed E-state index contributed by atoms with van der Waals surface area (Å²) in [5, 5.41) is 0. The van der Waals surface area contributed by atoms with E-state index >= 15 is 0 Å². The van der Waals surface area contributed by atoms with Gasteiger partial charge in [0.25, 0.3) is 0 Å². The number of carbonyl (C=O) groups is 2. The molecular weight excluding hydrogens is 254 g/mol. The highest BCUT2D eigenvalue weighted by Crippen LogP contribution is 2.14. The highest BCUT2D eigenvalue weighted by atomic mass is 16.5. The quantitative estimate of drug-likeness (QED) is 0.634. The van der Waals surface area contributed by atoms with Gasteiger partial charge in [0.2, 0.25) is 0 Å². The van der Waals surface area contributed by atoms with Crippen LogP contribution >= 0.6 is 0 Å². The molecule has 0 aliphatic heterocycles. The maximum atomic E-state index is 11.5. The number of benzene rings is 1. The number of rotatable bonds is 4. The van der Waals surface area contributed by atoms with Crippen LogP contribution in [0, 0.1) is 6.92 Å². The first-order chi connectivity index (χ1) is 9.52. The number of Topliss-reactive ketones (excluding diaryl/α,β-unsaturated/α-hetero) is 1. The molecule has 2 rings (SSSR count). The van der Waals surface area contributed by atoms with E-state index in [1.807, 2.05) is 35.9 Å². The van der Waals surface area contributed by atoms with Gasteiger partial charge in [-0.3, -0.25) is 4.79 Å². The summed E-state index contributed by atoms with van der Waals surface area (Å²) < 4.78 is 6.70. The lowest BCUT2D eigenvalue weighted by Gasteiger charge is -2.08. The first-order valence-electron chi connectivity index (χ1n) is 6.37. The number of esters is 1. The van der Waals surface area contributed by atoms with E-state index < -0.39 is 0 Å². The molecule has 1 heterocycles. The predicted molar refractivity (Wildman–Crippen MR) is 76.1 cm³/mol. The molecule has 0 N–H and O–H groups in total. The largest absolute Gasteiger partial charge is 0.465 e. The molecule has 104 valence electrons. The highest BCUT2D eigenvalue weighted by molar-refractivity contribution is 5.95. The molecule has 0 aliphatic carbocycles. The van der Waals surface area contributed by atoms with E-state index in [1.165, 1.54) is 7.11 Å². The molecule has 1 aromatic carbocycles. The van der Waals surface area contributed by atoms with Gasteiger partial charge in [-0.15, -0.1) is 0 Å². The zero-order valence-corrected chi connectivity index (χ0v) is 11.8. The number of aromatic nitrogens is 1. The Morgan fingerprint density at radius 2 is 2.00 bits per heavy atom. The molecule has 4 nitrogen and oxygen atoms in total. The number of methoxy groups -OCH3 is 1. The Morgan fingerprint density at radius 3 is 2.60 bits per heavy atom. The first kappa shape index (κ1) is 14.1. The van der Waals surface area contributed by atoms with Crippen LogP contribution in [-0.4, -0.2) is 23.4 Å². The van der Waals surface area contributed by atoms with Gasteiger partial charge in [0.05, 0.1) is 12.7 Å². The van der Waals surface area contributed by atoms with Gasteiger partial charge in [-0.2, -0.15) is 0 Å². The van der Waals surface area contributed by atoms with Crippen LogP contribution in [0.2, 0.25) is 0 Å². The lowest BCUT2D eigenvalue weighted by Crippen LogP contribution is -2.05. The van der Waals surface area contributed by atoms with Crippen molar-refractivity contribution in [3.8, 4) is 0 Å². The van der Waals surface area contributed by atoms with Gasteiger partial charge in [0, 0.05) is 24.0 Å². The number of carbonyl (C=O) groups excluding carboxylic acids is 2. The number of hydrogen-bond donors (Lipinski definition) is 0.